The normalized spacial score (nSPS) is 17.0. The SMILES string of the molecule is C#CCCC1(CCOc2ccccc2Cn2nnc3c(N4CCC(F)(F)C4)nc(C(F)(F)c4ccccc4)nc32)N=N1. The van der Waals surface area contributed by atoms with Crippen molar-refractivity contribution in [3.05, 3.63) is 71.5 Å². The summed E-state index contributed by atoms with van der Waals surface area (Å²) >= 11 is 0. The molecule has 0 atom stereocenters. The van der Waals surface area contributed by atoms with E-state index in [2.05, 4.69) is 36.4 Å². The molecule has 2 aromatic carbocycles. The molecule has 4 heterocycles. The van der Waals surface area contributed by atoms with Gasteiger partial charge in [0.1, 0.15) is 5.75 Å². The molecule has 0 amide bonds. The Morgan fingerprint density at radius 1 is 1.00 bits per heavy atom. The van der Waals surface area contributed by atoms with Gasteiger partial charge in [-0.1, -0.05) is 53.7 Å². The van der Waals surface area contributed by atoms with E-state index in [4.69, 9.17) is 11.2 Å². The summed E-state index contributed by atoms with van der Waals surface area (Å²) in [5, 5.41) is 16.5. The molecular weight excluding hydrogens is 552 g/mol. The summed E-state index contributed by atoms with van der Waals surface area (Å²) in [5.41, 5.74) is -0.0702. The number of hydrogen-bond donors (Lipinski definition) is 0. The predicted octanol–water partition coefficient (Wildman–Crippen LogP) is 5.60. The molecule has 0 spiro atoms. The van der Waals surface area contributed by atoms with Crippen LogP contribution in [0.4, 0.5) is 23.4 Å². The van der Waals surface area contributed by atoms with Crippen LogP contribution >= 0.6 is 0 Å². The third-order valence-electron chi connectivity index (χ3n) is 7.34. The lowest BCUT2D eigenvalue weighted by molar-refractivity contribution is 0.0256. The van der Waals surface area contributed by atoms with Gasteiger partial charge >= 0.3 is 5.92 Å². The minimum atomic E-state index is -3.60. The number of alkyl halides is 4. The third-order valence-corrected chi connectivity index (χ3v) is 7.34. The predicted molar refractivity (Wildman–Crippen MR) is 146 cm³/mol. The minimum absolute atomic E-state index is 0.000515. The standard InChI is InChI=1S/C29H26F4N8O/c1-2-3-13-28(37-38-28)15-17-42-22-12-8-7-9-20(22)18-41-25-23(36-39-41)24(40-16-14-27(30,31)19-40)34-26(35-25)29(32,33)21-10-5-4-6-11-21/h1,4-12H,3,13-19H2. The Kier molecular flexibility index (Phi) is 7.00. The number of fused-ring (bicyclic) bond motifs is 1. The zero-order valence-corrected chi connectivity index (χ0v) is 22.4. The fourth-order valence-corrected chi connectivity index (χ4v) is 4.93. The van der Waals surface area contributed by atoms with E-state index < -0.39 is 36.3 Å². The van der Waals surface area contributed by atoms with Crippen molar-refractivity contribution in [3.8, 4) is 18.1 Å². The van der Waals surface area contributed by atoms with Crippen LogP contribution in [0, 0.1) is 12.3 Å². The Morgan fingerprint density at radius 2 is 1.76 bits per heavy atom. The Bertz CT molecular complexity index is 1660. The van der Waals surface area contributed by atoms with Gasteiger partial charge in [-0.3, -0.25) is 0 Å². The number of anilines is 1. The van der Waals surface area contributed by atoms with Crippen molar-refractivity contribution < 1.29 is 22.3 Å². The first-order valence-corrected chi connectivity index (χ1v) is 13.5. The monoisotopic (exact) mass is 578 g/mol. The highest BCUT2D eigenvalue weighted by Crippen LogP contribution is 2.39. The van der Waals surface area contributed by atoms with Gasteiger partial charge in [-0.2, -0.15) is 19.0 Å². The summed E-state index contributed by atoms with van der Waals surface area (Å²) < 4.78 is 67.1. The van der Waals surface area contributed by atoms with Crippen LogP contribution in [0.2, 0.25) is 0 Å². The molecule has 216 valence electrons. The number of nitrogens with zero attached hydrogens (tertiary/aromatic N) is 8. The number of halogens is 4. The summed E-state index contributed by atoms with van der Waals surface area (Å²) in [5.74, 6) is -4.36. The maximum Gasteiger partial charge on any atom is 0.331 e. The maximum atomic E-state index is 15.7. The third kappa shape index (κ3) is 5.48. The summed E-state index contributed by atoms with van der Waals surface area (Å²) in [6.07, 6.45) is 6.71. The minimum Gasteiger partial charge on any atom is -0.493 e. The topological polar surface area (TPSA) is 93.7 Å². The molecule has 2 aliphatic rings. The van der Waals surface area contributed by atoms with Crippen molar-refractivity contribution in [2.75, 3.05) is 24.6 Å². The second-order valence-corrected chi connectivity index (χ2v) is 10.4. The fraction of sp³-hybridized carbons (Fsp3) is 0.379. The van der Waals surface area contributed by atoms with E-state index in [1.54, 1.807) is 12.1 Å². The Labute approximate surface area is 238 Å². The molecule has 42 heavy (non-hydrogen) atoms. The molecule has 0 unspecified atom stereocenters. The van der Waals surface area contributed by atoms with Gasteiger partial charge < -0.3 is 9.64 Å². The van der Waals surface area contributed by atoms with E-state index in [0.29, 0.717) is 37.2 Å². The zero-order valence-electron chi connectivity index (χ0n) is 22.4. The van der Waals surface area contributed by atoms with E-state index in [1.165, 1.54) is 33.8 Å². The van der Waals surface area contributed by atoms with Gasteiger partial charge in [-0.15, -0.1) is 17.4 Å². The number of para-hydroxylation sites is 1. The van der Waals surface area contributed by atoms with Crippen molar-refractivity contribution >= 4 is 17.0 Å². The van der Waals surface area contributed by atoms with Crippen molar-refractivity contribution in [1.82, 2.24) is 25.0 Å². The number of ether oxygens (including phenoxy) is 1. The lowest BCUT2D eigenvalue weighted by Crippen LogP contribution is -2.28. The average Bonchev–Trinajstić information content (AvgIpc) is 3.49. The van der Waals surface area contributed by atoms with Crippen LogP contribution in [0.3, 0.4) is 0 Å². The lowest BCUT2D eigenvalue weighted by atomic mass is 10.1. The first-order chi connectivity index (χ1) is 20.2. The summed E-state index contributed by atoms with van der Waals surface area (Å²) in [4.78, 5) is 9.53. The number of benzene rings is 2. The summed E-state index contributed by atoms with van der Waals surface area (Å²) in [6, 6.07) is 14.3. The van der Waals surface area contributed by atoms with Crippen molar-refractivity contribution in [3.63, 3.8) is 0 Å². The average molecular weight is 579 g/mol. The molecular formula is C29H26F4N8O. The second-order valence-electron chi connectivity index (χ2n) is 10.4. The Morgan fingerprint density at radius 3 is 2.48 bits per heavy atom. The summed E-state index contributed by atoms with van der Waals surface area (Å²) in [7, 11) is 0. The second kappa shape index (κ2) is 10.7. The van der Waals surface area contributed by atoms with Crippen LogP contribution in [-0.2, 0) is 12.5 Å². The highest BCUT2D eigenvalue weighted by molar-refractivity contribution is 5.83. The van der Waals surface area contributed by atoms with Gasteiger partial charge in [0, 0.05) is 43.4 Å². The van der Waals surface area contributed by atoms with Crippen molar-refractivity contribution in [2.45, 2.75) is 49.7 Å². The van der Waals surface area contributed by atoms with E-state index in [0.717, 1.165) is 0 Å². The van der Waals surface area contributed by atoms with E-state index in [1.807, 2.05) is 18.2 Å². The number of terminal acetylenes is 1. The lowest BCUT2D eigenvalue weighted by Gasteiger charge is -2.21. The molecule has 0 aliphatic carbocycles. The van der Waals surface area contributed by atoms with Gasteiger partial charge in [-0.25, -0.2) is 23.4 Å². The van der Waals surface area contributed by atoms with Crippen LogP contribution in [0.15, 0.2) is 64.8 Å². The molecule has 4 aromatic rings. The van der Waals surface area contributed by atoms with Crippen LogP contribution in [0.1, 0.15) is 42.6 Å². The quantitative estimate of drug-likeness (QED) is 0.170. The molecule has 13 heteroatoms. The highest BCUT2D eigenvalue weighted by Gasteiger charge is 2.43. The van der Waals surface area contributed by atoms with Gasteiger partial charge in [0.25, 0.3) is 5.92 Å². The van der Waals surface area contributed by atoms with E-state index in [9.17, 15) is 8.78 Å². The molecule has 0 radical (unpaired) electrons. The van der Waals surface area contributed by atoms with Crippen LogP contribution in [-0.4, -0.2) is 56.2 Å². The van der Waals surface area contributed by atoms with Gasteiger partial charge in [0.2, 0.25) is 5.82 Å². The number of aromatic nitrogens is 5. The number of rotatable bonds is 11. The molecule has 2 aliphatic heterocycles. The van der Waals surface area contributed by atoms with Crippen molar-refractivity contribution in [2.24, 2.45) is 10.2 Å². The van der Waals surface area contributed by atoms with Crippen LogP contribution in [0.5, 0.6) is 5.75 Å². The molecule has 0 bridgehead atoms. The van der Waals surface area contributed by atoms with Gasteiger partial charge in [0.15, 0.2) is 22.6 Å². The van der Waals surface area contributed by atoms with Crippen LogP contribution < -0.4 is 9.64 Å². The van der Waals surface area contributed by atoms with E-state index >= 15 is 8.78 Å². The smallest absolute Gasteiger partial charge is 0.331 e. The largest absolute Gasteiger partial charge is 0.493 e. The maximum absolute atomic E-state index is 15.7. The molecule has 1 saturated heterocycles. The Hall–Kier alpha value is -4.60. The molecule has 1 fully saturated rings. The molecule has 9 nitrogen and oxygen atoms in total. The molecule has 6 rings (SSSR count). The zero-order chi connectivity index (χ0) is 29.4. The summed E-state index contributed by atoms with van der Waals surface area (Å²) in [6.45, 7) is -0.330. The molecule has 0 N–H and O–H groups in total. The fourth-order valence-electron chi connectivity index (χ4n) is 4.93. The van der Waals surface area contributed by atoms with Crippen molar-refractivity contribution in [1.29, 1.82) is 0 Å². The molecule has 2 aromatic heterocycles. The highest BCUT2D eigenvalue weighted by atomic mass is 19.3. The van der Waals surface area contributed by atoms with Gasteiger partial charge in [0.05, 0.1) is 19.7 Å². The Balaban J connectivity index is 1.32. The number of hydrogen-bond acceptors (Lipinski definition) is 8. The first kappa shape index (κ1) is 27.6. The molecule has 0 saturated carbocycles. The first-order valence-electron chi connectivity index (χ1n) is 13.5. The van der Waals surface area contributed by atoms with Crippen LogP contribution in [0.25, 0.3) is 11.2 Å². The van der Waals surface area contributed by atoms with Gasteiger partial charge in [-0.05, 0) is 6.07 Å². The van der Waals surface area contributed by atoms with E-state index in [-0.39, 0.29) is 35.6 Å².